The maximum absolute atomic E-state index is 11.0. The van der Waals surface area contributed by atoms with Gasteiger partial charge in [0.05, 0.1) is 23.6 Å². The van der Waals surface area contributed by atoms with E-state index in [-0.39, 0.29) is 5.56 Å². The van der Waals surface area contributed by atoms with E-state index in [1.807, 2.05) is 37.4 Å². The number of aromatic carboxylic acids is 1. The van der Waals surface area contributed by atoms with E-state index in [1.165, 1.54) is 0 Å². The van der Waals surface area contributed by atoms with Gasteiger partial charge in [-0.05, 0) is 42.8 Å². The lowest BCUT2D eigenvalue weighted by Crippen LogP contribution is -1.99. The average Bonchev–Trinajstić information content (AvgIpc) is 3.19. The molecule has 4 rings (SSSR count). The Morgan fingerprint density at radius 1 is 1.07 bits per heavy atom. The molecule has 1 N–H and O–H groups in total. The molecule has 2 heterocycles. The van der Waals surface area contributed by atoms with Crippen LogP contribution in [0.3, 0.4) is 0 Å². The van der Waals surface area contributed by atoms with E-state index in [0.717, 1.165) is 26.7 Å². The summed E-state index contributed by atoms with van der Waals surface area (Å²) in [7, 11) is 0. The number of aromatic nitrogens is 4. The smallest absolute Gasteiger partial charge is 0.335 e. The van der Waals surface area contributed by atoms with Crippen molar-refractivity contribution in [3.63, 3.8) is 0 Å². The minimum Gasteiger partial charge on any atom is -0.478 e. The largest absolute Gasteiger partial charge is 0.478 e. The molecule has 0 aliphatic heterocycles. The molecule has 0 fully saturated rings. The first-order valence-corrected chi connectivity index (χ1v) is 9.38. The molecule has 0 atom stereocenters. The highest BCUT2D eigenvalue weighted by Gasteiger charge is 2.10. The van der Waals surface area contributed by atoms with E-state index in [2.05, 4.69) is 27.4 Å². The molecule has 0 unspecified atom stereocenters. The van der Waals surface area contributed by atoms with Crippen LogP contribution in [-0.2, 0) is 0 Å². The van der Waals surface area contributed by atoms with Crippen molar-refractivity contribution in [3.8, 4) is 16.9 Å². The Hall–Kier alpha value is -3.45. The molecule has 0 amide bonds. The summed E-state index contributed by atoms with van der Waals surface area (Å²) in [5, 5.41) is 18.3. The normalized spacial score (nSPS) is 10.8. The maximum atomic E-state index is 11.0. The standard InChI is InChI=1S/C21H16N4O2S/c1-14-11-20(28-17-5-3-2-4-6-17)22-12-19(14)25-13-18(23-24-25)15-7-9-16(10-8-15)21(26)27/h2-13H,1H3,(H,26,27). The first-order chi connectivity index (χ1) is 13.6. The van der Waals surface area contributed by atoms with Gasteiger partial charge in [0.15, 0.2) is 0 Å². The van der Waals surface area contributed by atoms with Gasteiger partial charge < -0.3 is 5.11 Å². The molecule has 6 nitrogen and oxygen atoms in total. The van der Waals surface area contributed by atoms with Gasteiger partial charge in [-0.25, -0.2) is 14.5 Å². The van der Waals surface area contributed by atoms with Crippen LogP contribution in [-0.4, -0.2) is 31.1 Å². The summed E-state index contributed by atoms with van der Waals surface area (Å²) < 4.78 is 1.68. The number of carboxylic acid groups (broad SMARTS) is 1. The van der Waals surface area contributed by atoms with Crippen molar-refractivity contribution in [3.05, 3.63) is 84.2 Å². The van der Waals surface area contributed by atoms with Crippen LogP contribution in [0.2, 0.25) is 0 Å². The average molecular weight is 388 g/mol. The monoisotopic (exact) mass is 388 g/mol. The van der Waals surface area contributed by atoms with Crippen molar-refractivity contribution in [1.29, 1.82) is 0 Å². The predicted molar refractivity (Wildman–Crippen MR) is 107 cm³/mol. The quantitative estimate of drug-likeness (QED) is 0.543. The van der Waals surface area contributed by atoms with Crippen LogP contribution < -0.4 is 0 Å². The molecular formula is C21H16N4O2S. The highest BCUT2D eigenvalue weighted by atomic mass is 32.2. The van der Waals surface area contributed by atoms with Crippen molar-refractivity contribution in [1.82, 2.24) is 20.0 Å². The first kappa shape index (κ1) is 17.9. The number of carboxylic acids is 1. The van der Waals surface area contributed by atoms with Gasteiger partial charge in [0.2, 0.25) is 0 Å². The number of hydrogen-bond donors (Lipinski definition) is 1. The summed E-state index contributed by atoms with van der Waals surface area (Å²) >= 11 is 1.61. The Morgan fingerprint density at radius 2 is 1.82 bits per heavy atom. The lowest BCUT2D eigenvalue weighted by molar-refractivity contribution is 0.0697. The molecule has 0 spiro atoms. The lowest BCUT2D eigenvalue weighted by atomic mass is 10.1. The molecule has 2 aromatic heterocycles. The zero-order valence-electron chi connectivity index (χ0n) is 15.0. The van der Waals surface area contributed by atoms with E-state index >= 15 is 0 Å². The Bertz CT molecular complexity index is 1120. The second-order valence-corrected chi connectivity index (χ2v) is 7.25. The summed E-state index contributed by atoms with van der Waals surface area (Å²) in [5.41, 5.74) is 3.59. The van der Waals surface area contributed by atoms with Gasteiger partial charge in [-0.2, -0.15) is 0 Å². The van der Waals surface area contributed by atoms with Crippen molar-refractivity contribution in [2.75, 3.05) is 0 Å². The Morgan fingerprint density at radius 3 is 2.50 bits per heavy atom. The second-order valence-electron chi connectivity index (χ2n) is 6.15. The molecule has 28 heavy (non-hydrogen) atoms. The molecule has 4 aromatic rings. The molecule has 7 heteroatoms. The van der Waals surface area contributed by atoms with E-state index in [4.69, 9.17) is 5.11 Å². The predicted octanol–water partition coefficient (Wildman–Crippen LogP) is 4.49. The molecule has 138 valence electrons. The number of pyridine rings is 1. The molecular weight excluding hydrogens is 372 g/mol. The molecule has 0 aliphatic rings. The van der Waals surface area contributed by atoms with Gasteiger partial charge in [-0.1, -0.05) is 47.3 Å². The molecule has 0 radical (unpaired) electrons. The minimum absolute atomic E-state index is 0.239. The number of nitrogens with zero attached hydrogens (tertiary/aromatic N) is 4. The summed E-state index contributed by atoms with van der Waals surface area (Å²) in [4.78, 5) is 16.6. The summed E-state index contributed by atoms with van der Waals surface area (Å²) in [6.45, 7) is 2.01. The second kappa shape index (κ2) is 7.66. The highest BCUT2D eigenvalue weighted by Crippen LogP contribution is 2.28. The fourth-order valence-electron chi connectivity index (χ4n) is 2.73. The van der Waals surface area contributed by atoms with E-state index in [0.29, 0.717) is 5.69 Å². The van der Waals surface area contributed by atoms with Crippen LogP contribution in [0.5, 0.6) is 0 Å². The van der Waals surface area contributed by atoms with Gasteiger partial charge in [-0.3, -0.25) is 0 Å². The van der Waals surface area contributed by atoms with Crippen molar-refractivity contribution in [2.24, 2.45) is 0 Å². The molecule has 2 aromatic carbocycles. The zero-order chi connectivity index (χ0) is 19.5. The topological polar surface area (TPSA) is 80.9 Å². The highest BCUT2D eigenvalue weighted by molar-refractivity contribution is 7.99. The minimum atomic E-state index is -0.953. The van der Waals surface area contributed by atoms with Gasteiger partial charge in [0.1, 0.15) is 10.7 Å². The third-order valence-corrected chi connectivity index (χ3v) is 5.13. The van der Waals surface area contributed by atoms with Crippen molar-refractivity contribution < 1.29 is 9.90 Å². The maximum Gasteiger partial charge on any atom is 0.335 e. The first-order valence-electron chi connectivity index (χ1n) is 8.56. The van der Waals surface area contributed by atoms with Gasteiger partial charge in [0, 0.05) is 10.5 Å². The van der Waals surface area contributed by atoms with Crippen LogP contribution in [0.25, 0.3) is 16.9 Å². The van der Waals surface area contributed by atoms with Gasteiger partial charge >= 0.3 is 5.97 Å². The third-order valence-electron chi connectivity index (χ3n) is 4.19. The zero-order valence-corrected chi connectivity index (χ0v) is 15.8. The van der Waals surface area contributed by atoms with Crippen LogP contribution in [0.15, 0.2) is 83.0 Å². The molecule has 0 aliphatic carbocycles. The number of carbonyl (C=O) groups is 1. The van der Waals surface area contributed by atoms with E-state index in [1.54, 1.807) is 46.9 Å². The molecule has 0 bridgehead atoms. The summed E-state index contributed by atoms with van der Waals surface area (Å²) in [5.74, 6) is -0.953. The molecule has 0 saturated heterocycles. The summed E-state index contributed by atoms with van der Waals surface area (Å²) in [6, 6.07) is 18.7. The Labute approximate surface area is 165 Å². The van der Waals surface area contributed by atoms with Crippen LogP contribution >= 0.6 is 11.8 Å². The number of benzene rings is 2. The lowest BCUT2D eigenvalue weighted by Gasteiger charge is -2.07. The van der Waals surface area contributed by atoms with Gasteiger partial charge in [-0.15, -0.1) is 5.10 Å². The Kier molecular flexibility index (Phi) is 4.90. The van der Waals surface area contributed by atoms with E-state index < -0.39 is 5.97 Å². The van der Waals surface area contributed by atoms with Crippen LogP contribution in [0.1, 0.15) is 15.9 Å². The van der Waals surface area contributed by atoms with Crippen molar-refractivity contribution >= 4 is 17.7 Å². The third kappa shape index (κ3) is 3.79. The van der Waals surface area contributed by atoms with Crippen LogP contribution in [0.4, 0.5) is 0 Å². The van der Waals surface area contributed by atoms with Crippen LogP contribution in [0, 0.1) is 6.92 Å². The fraction of sp³-hybridized carbons (Fsp3) is 0.0476. The number of rotatable bonds is 5. The van der Waals surface area contributed by atoms with E-state index in [9.17, 15) is 4.79 Å². The van der Waals surface area contributed by atoms with Crippen molar-refractivity contribution in [2.45, 2.75) is 16.8 Å². The molecule has 0 saturated carbocycles. The van der Waals surface area contributed by atoms with Gasteiger partial charge in [0.25, 0.3) is 0 Å². The summed E-state index contributed by atoms with van der Waals surface area (Å²) in [6.07, 6.45) is 3.59. The Balaban J connectivity index is 1.57. The number of aryl methyl sites for hydroxylation is 1. The SMILES string of the molecule is Cc1cc(Sc2ccccc2)ncc1-n1cc(-c2ccc(C(=O)O)cc2)nn1. The fourth-order valence-corrected chi connectivity index (χ4v) is 3.60. The number of hydrogen-bond acceptors (Lipinski definition) is 5.